The summed E-state index contributed by atoms with van der Waals surface area (Å²) in [7, 11) is 0. The zero-order valence-electron chi connectivity index (χ0n) is 11.5. The number of oxime groups is 1. The van der Waals surface area contributed by atoms with Gasteiger partial charge in [0.1, 0.15) is 5.75 Å². The van der Waals surface area contributed by atoms with E-state index in [-0.39, 0.29) is 0 Å². The number of hydrogen-bond acceptors (Lipinski definition) is 4. The average molecular weight is 304 g/mol. The third kappa shape index (κ3) is 4.61. The second kappa shape index (κ2) is 7.45. The number of carbonyl (C=O) groups is 1. The van der Waals surface area contributed by atoms with Crippen molar-refractivity contribution < 1.29 is 14.4 Å². The normalized spacial score (nSPS) is 10.6. The van der Waals surface area contributed by atoms with E-state index >= 15 is 0 Å². The lowest BCUT2D eigenvalue weighted by atomic mass is 10.2. The molecule has 0 unspecified atom stereocenters. The van der Waals surface area contributed by atoms with Crippen LogP contribution in [0, 0.1) is 0 Å². The van der Waals surface area contributed by atoms with Crippen LogP contribution in [0.5, 0.6) is 5.75 Å². The summed E-state index contributed by atoms with van der Waals surface area (Å²) >= 11 is 5.74. The van der Waals surface area contributed by atoms with Crippen LogP contribution in [0.15, 0.2) is 53.7 Å². The fourth-order valence-corrected chi connectivity index (χ4v) is 1.72. The molecular weight excluding hydrogens is 290 g/mol. The third-order valence-electron chi connectivity index (χ3n) is 2.61. The summed E-state index contributed by atoms with van der Waals surface area (Å²) in [6, 6.07) is 13.7. The minimum absolute atomic E-state index is 0.392. The van der Waals surface area contributed by atoms with E-state index in [2.05, 4.69) is 5.16 Å². The Morgan fingerprint density at radius 2 is 1.81 bits per heavy atom. The maximum atomic E-state index is 11.7. The zero-order chi connectivity index (χ0) is 15.1. The molecule has 0 atom stereocenters. The summed E-state index contributed by atoms with van der Waals surface area (Å²) in [5.41, 5.74) is 1.20. The predicted octanol–water partition coefficient (Wildman–Crippen LogP) is 3.93. The number of ether oxygens (including phenoxy) is 1. The van der Waals surface area contributed by atoms with E-state index in [0.29, 0.717) is 17.2 Å². The van der Waals surface area contributed by atoms with Gasteiger partial charge in [0.2, 0.25) is 0 Å². The second-order valence-corrected chi connectivity index (χ2v) is 4.56. The van der Waals surface area contributed by atoms with E-state index < -0.39 is 5.97 Å². The van der Waals surface area contributed by atoms with Crippen LogP contribution in [-0.4, -0.2) is 18.8 Å². The molecule has 0 N–H and O–H groups in total. The first-order chi connectivity index (χ1) is 10.2. The van der Waals surface area contributed by atoms with Gasteiger partial charge in [0.15, 0.2) is 0 Å². The summed E-state index contributed by atoms with van der Waals surface area (Å²) in [6.07, 6.45) is 1.46. The number of nitrogens with zero attached hydrogens (tertiary/aromatic N) is 1. The van der Waals surface area contributed by atoms with E-state index in [4.69, 9.17) is 21.2 Å². The molecule has 0 fully saturated rings. The van der Waals surface area contributed by atoms with E-state index in [1.165, 1.54) is 6.21 Å². The molecule has 0 aromatic heterocycles. The van der Waals surface area contributed by atoms with Gasteiger partial charge in [-0.3, -0.25) is 0 Å². The van der Waals surface area contributed by atoms with Crippen molar-refractivity contribution in [3.05, 3.63) is 64.7 Å². The molecule has 0 spiro atoms. The average Bonchev–Trinajstić information content (AvgIpc) is 2.50. The van der Waals surface area contributed by atoms with Crippen molar-refractivity contribution in [1.82, 2.24) is 0 Å². The molecule has 0 aliphatic carbocycles. The Labute approximate surface area is 127 Å². The van der Waals surface area contributed by atoms with Crippen molar-refractivity contribution in [1.29, 1.82) is 0 Å². The van der Waals surface area contributed by atoms with Crippen LogP contribution in [0.2, 0.25) is 5.02 Å². The molecule has 0 saturated carbocycles. The minimum atomic E-state index is -0.533. The van der Waals surface area contributed by atoms with Crippen molar-refractivity contribution in [2.45, 2.75) is 6.92 Å². The smallest absolute Gasteiger partial charge is 0.365 e. The molecule has 0 heterocycles. The maximum Gasteiger partial charge on any atom is 0.365 e. The molecule has 0 bridgehead atoms. The quantitative estimate of drug-likeness (QED) is 0.478. The molecule has 0 saturated heterocycles. The van der Waals surface area contributed by atoms with Gasteiger partial charge >= 0.3 is 5.97 Å². The van der Waals surface area contributed by atoms with Crippen LogP contribution in [0.1, 0.15) is 22.8 Å². The van der Waals surface area contributed by atoms with Gasteiger partial charge in [0.05, 0.1) is 18.4 Å². The van der Waals surface area contributed by atoms with E-state index in [9.17, 15) is 4.79 Å². The van der Waals surface area contributed by atoms with Crippen LogP contribution in [-0.2, 0) is 4.84 Å². The molecule has 4 nitrogen and oxygen atoms in total. The Balaban J connectivity index is 1.92. The van der Waals surface area contributed by atoms with E-state index in [1.54, 1.807) is 24.3 Å². The van der Waals surface area contributed by atoms with Gasteiger partial charge in [0, 0.05) is 5.02 Å². The molecule has 0 radical (unpaired) electrons. The first-order valence-electron chi connectivity index (χ1n) is 6.42. The third-order valence-corrected chi connectivity index (χ3v) is 2.86. The van der Waals surface area contributed by atoms with Crippen LogP contribution in [0.3, 0.4) is 0 Å². The lowest BCUT2D eigenvalue weighted by Crippen LogP contribution is -2.00. The summed E-state index contributed by atoms with van der Waals surface area (Å²) in [5.74, 6) is 0.252. The Kier molecular flexibility index (Phi) is 5.35. The van der Waals surface area contributed by atoms with Gasteiger partial charge in [-0.05, 0) is 61.0 Å². The first kappa shape index (κ1) is 15.1. The molecule has 2 rings (SSSR count). The molecule has 5 heteroatoms. The summed E-state index contributed by atoms with van der Waals surface area (Å²) < 4.78 is 5.33. The molecular formula is C16H14ClNO3. The molecule has 0 aliphatic rings. The van der Waals surface area contributed by atoms with Crippen LogP contribution in [0.25, 0.3) is 0 Å². The number of rotatable bonds is 5. The van der Waals surface area contributed by atoms with E-state index in [1.807, 2.05) is 31.2 Å². The van der Waals surface area contributed by atoms with Gasteiger partial charge in [-0.25, -0.2) is 4.79 Å². The topological polar surface area (TPSA) is 47.9 Å². The number of benzene rings is 2. The molecule has 21 heavy (non-hydrogen) atoms. The lowest BCUT2D eigenvalue weighted by molar-refractivity contribution is 0.0519. The predicted molar refractivity (Wildman–Crippen MR) is 82.1 cm³/mol. The maximum absolute atomic E-state index is 11.7. The Bertz CT molecular complexity index is 621. The second-order valence-electron chi connectivity index (χ2n) is 4.12. The van der Waals surface area contributed by atoms with Crippen LogP contribution >= 0.6 is 11.6 Å². The van der Waals surface area contributed by atoms with Crippen LogP contribution in [0.4, 0.5) is 0 Å². The van der Waals surface area contributed by atoms with Crippen molar-refractivity contribution in [3.63, 3.8) is 0 Å². The first-order valence-corrected chi connectivity index (χ1v) is 6.80. The standard InChI is InChI=1S/C16H14ClNO3/c1-2-20-15-9-3-12(4-10-15)11-18-21-16(19)13-5-7-14(17)8-6-13/h3-11H,2H2,1H3/b18-11+. The largest absolute Gasteiger partial charge is 0.494 e. The fraction of sp³-hybridized carbons (Fsp3) is 0.125. The highest BCUT2D eigenvalue weighted by atomic mass is 35.5. The highest BCUT2D eigenvalue weighted by Crippen LogP contribution is 2.12. The fourth-order valence-electron chi connectivity index (χ4n) is 1.59. The minimum Gasteiger partial charge on any atom is -0.494 e. The zero-order valence-corrected chi connectivity index (χ0v) is 12.2. The molecule has 0 amide bonds. The summed E-state index contributed by atoms with van der Waals surface area (Å²) in [4.78, 5) is 16.5. The lowest BCUT2D eigenvalue weighted by Gasteiger charge is -2.02. The molecule has 2 aromatic carbocycles. The Morgan fingerprint density at radius 1 is 1.14 bits per heavy atom. The Morgan fingerprint density at radius 3 is 2.43 bits per heavy atom. The van der Waals surface area contributed by atoms with Crippen molar-refractivity contribution in [2.75, 3.05) is 6.61 Å². The van der Waals surface area contributed by atoms with E-state index in [0.717, 1.165) is 11.3 Å². The summed E-state index contributed by atoms with van der Waals surface area (Å²) in [6.45, 7) is 2.54. The van der Waals surface area contributed by atoms with Gasteiger partial charge in [-0.15, -0.1) is 0 Å². The van der Waals surface area contributed by atoms with Gasteiger partial charge in [-0.1, -0.05) is 16.8 Å². The highest BCUT2D eigenvalue weighted by Gasteiger charge is 2.05. The SMILES string of the molecule is CCOc1ccc(/C=N/OC(=O)c2ccc(Cl)cc2)cc1. The number of carbonyl (C=O) groups excluding carboxylic acids is 1. The summed E-state index contributed by atoms with van der Waals surface area (Å²) in [5, 5.41) is 4.23. The molecule has 108 valence electrons. The van der Waals surface area contributed by atoms with Crippen molar-refractivity contribution in [3.8, 4) is 5.75 Å². The van der Waals surface area contributed by atoms with Gasteiger partial charge in [0.25, 0.3) is 0 Å². The highest BCUT2D eigenvalue weighted by molar-refractivity contribution is 6.30. The molecule has 2 aromatic rings. The monoisotopic (exact) mass is 303 g/mol. The van der Waals surface area contributed by atoms with Crippen molar-refractivity contribution >= 4 is 23.8 Å². The molecule has 0 aliphatic heterocycles. The van der Waals surface area contributed by atoms with Gasteiger partial charge < -0.3 is 9.57 Å². The van der Waals surface area contributed by atoms with Crippen molar-refractivity contribution in [2.24, 2.45) is 5.16 Å². The number of halogens is 1. The Hall–Kier alpha value is -2.33. The van der Waals surface area contributed by atoms with Gasteiger partial charge in [-0.2, -0.15) is 0 Å². The van der Waals surface area contributed by atoms with Crippen LogP contribution < -0.4 is 4.74 Å². The number of hydrogen-bond donors (Lipinski definition) is 0.